The van der Waals surface area contributed by atoms with Crippen molar-refractivity contribution >= 4 is 17.2 Å². The second kappa shape index (κ2) is 3.88. The third-order valence-corrected chi connectivity index (χ3v) is 2.18. The van der Waals surface area contributed by atoms with Gasteiger partial charge in [0.1, 0.15) is 0 Å². The average molecular weight is 158 g/mol. The number of nitrogens with one attached hydrogen (secondary N) is 1. The zero-order chi connectivity index (χ0) is 7.40. The van der Waals surface area contributed by atoms with Gasteiger partial charge in [0.15, 0.2) is 0 Å². The lowest BCUT2D eigenvalue weighted by Gasteiger charge is -2.14. The van der Waals surface area contributed by atoms with Crippen molar-refractivity contribution in [3.8, 4) is 0 Å². The largest absolute Gasteiger partial charge is 0.382 e. The number of hydrogen-bond acceptors (Lipinski definition) is 2. The van der Waals surface area contributed by atoms with E-state index in [2.05, 4.69) is 10.2 Å². The monoisotopic (exact) mass is 158 g/mol. The van der Waals surface area contributed by atoms with Gasteiger partial charge < -0.3 is 5.32 Å². The minimum absolute atomic E-state index is 0.950. The van der Waals surface area contributed by atoms with Crippen molar-refractivity contribution in [2.45, 2.75) is 12.8 Å². The van der Waals surface area contributed by atoms with Crippen LogP contribution < -0.4 is 5.32 Å². The summed E-state index contributed by atoms with van der Waals surface area (Å²) in [5.74, 6) is 0. The van der Waals surface area contributed by atoms with E-state index in [0.717, 1.165) is 11.5 Å². The Morgan fingerprint density at radius 3 is 2.60 bits per heavy atom. The smallest absolute Gasteiger partial charge is 0.0893 e. The van der Waals surface area contributed by atoms with Gasteiger partial charge in [0.25, 0.3) is 0 Å². The minimum atomic E-state index is 0.950. The standard InChI is InChI=1S/C7H14N2S/c1-8-7(10)6-9-4-2-3-5-9/h2-6H2,1H3,(H,8,10). The van der Waals surface area contributed by atoms with E-state index in [9.17, 15) is 0 Å². The lowest BCUT2D eigenvalue weighted by atomic mass is 10.4. The molecule has 1 N–H and O–H groups in total. The SMILES string of the molecule is CNC(=S)CN1CCCC1. The molecule has 0 spiro atoms. The highest BCUT2D eigenvalue weighted by Gasteiger charge is 2.11. The molecule has 0 radical (unpaired) electrons. The molecule has 0 aromatic rings. The maximum Gasteiger partial charge on any atom is 0.0893 e. The van der Waals surface area contributed by atoms with Gasteiger partial charge in [-0.05, 0) is 25.9 Å². The van der Waals surface area contributed by atoms with E-state index >= 15 is 0 Å². The van der Waals surface area contributed by atoms with Crippen molar-refractivity contribution < 1.29 is 0 Å². The van der Waals surface area contributed by atoms with Crippen LogP contribution in [0, 0.1) is 0 Å². The highest BCUT2D eigenvalue weighted by molar-refractivity contribution is 7.80. The topological polar surface area (TPSA) is 15.3 Å². The highest BCUT2D eigenvalue weighted by atomic mass is 32.1. The van der Waals surface area contributed by atoms with E-state index in [1.54, 1.807) is 0 Å². The summed E-state index contributed by atoms with van der Waals surface area (Å²) in [6.45, 7) is 3.40. The predicted molar refractivity (Wildman–Crippen MR) is 47.3 cm³/mol. The highest BCUT2D eigenvalue weighted by Crippen LogP contribution is 2.05. The number of thiocarbonyl (C=S) groups is 1. The molecule has 1 rings (SSSR count). The summed E-state index contributed by atoms with van der Waals surface area (Å²) in [7, 11) is 1.89. The number of likely N-dealkylation sites (N-methyl/N-ethyl adjacent to an activating group) is 1. The molecule has 1 fully saturated rings. The summed E-state index contributed by atoms with van der Waals surface area (Å²) < 4.78 is 0. The minimum Gasteiger partial charge on any atom is -0.382 e. The molecule has 0 amide bonds. The van der Waals surface area contributed by atoms with Crippen LogP contribution in [0.4, 0.5) is 0 Å². The second-order valence-corrected chi connectivity index (χ2v) is 3.15. The molecule has 1 saturated heterocycles. The van der Waals surface area contributed by atoms with Crippen LogP contribution in [0.2, 0.25) is 0 Å². The molecule has 10 heavy (non-hydrogen) atoms. The quantitative estimate of drug-likeness (QED) is 0.593. The van der Waals surface area contributed by atoms with Gasteiger partial charge in [-0.15, -0.1) is 0 Å². The molecule has 0 atom stereocenters. The average Bonchev–Trinajstić information content (AvgIpc) is 2.40. The predicted octanol–water partition coefficient (Wildman–Crippen LogP) is 0.629. The fourth-order valence-electron chi connectivity index (χ4n) is 1.22. The fraction of sp³-hybridized carbons (Fsp3) is 0.857. The molecular formula is C7H14N2S. The molecule has 0 bridgehead atoms. The van der Waals surface area contributed by atoms with Crippen LogP contribution in [0.15, 0.2) is 0 Å². The first-order valence-electron chi connectivity index (χ1n) is 3.76. The van der Waals surface area contributed by atoms with Gasteiger partial charge in [-0.3, -0.25) is 4.90 Å². The van der Waals surface area contributed by atoms with Gasteiger partial charge in [0.05, 0.1) is 4.99 Å². The van der Waals surface area contributed by atoms with Crippen LogP contribution >= 0.6 is 12.2 Å². The van der Waals surface area contributed by atoms with Crippen LogP contribution in [0.3, 0.4) is 0 Å². The summed E-state index contributed by atoms with van der Waals surface area (Å²) in [5, 5.41) is 2.98. The van der Waals surface area contributed by atoms with Gasteiger partial charge in [0, 0.05) is 13.6 Å². The number of likely N-dealkylation sites (tertiary alicyclic amines) is 1. The van der Waals surface area contributed by atoms with Crippen LogP contribution in [0.1, 0.15) is 12.8 Å². The number of rotatable bonds is 2. The van der Waals surface area contributed by atoms with E-state index in [4.69, 9.17) is 12.2 Å². The van der Waals surface area contributed by atoms with E-state index < -0.39 is 0 Å². The lowest BCUT2D eigenvalue weighted by molar-refractivity contribution is 0.387. The summed E-state index contributed by atoms with van der Waals surface area (Å²) >= 11 is 5.04. The molecule has 1 aliphatic rings. The van der Waals surface area contributed by atoms with Gasteiger partial charge in [-0.1, -0.05) is 12.2 Å². The maximum atomic E-state index is 5.04. The lowest BCUT2D eigenvalue weighted by Crippen LogP contribution is -2.32. The Hall–Kier alpha value is -0.150. The van der Waals surface area contributed by atoms with E-state index in [1.807, 2.05) is 7.05 Å². The molecule has 1 aliphatic heterocycles. The van der Waals surface area contributed by atoms with Gasteiger partial charge in [-0.2, -0.15) is 0 Å². The number of nitrogens with zero attached hydrogens (tertiary/aromatic N) is 1. The zero-order valence-corrected chi connectivity index (χ0v) is 7.21. The summed E-state index contributed by atoms with van der Waals surface area (Å²) in [6, 6.07) is 0. The van der Waals surface area contributed by atoms with Crippen molar-refractivity contribution in [3.05, 3.63) is 0 Å². The summed E-state index contributed by atoms with van der Waals surface area (Å²) in [5.41, 5.74) is 0. The molecule has 0 aromatic heterocycles. The van der Waals surface area contributed by atoms with Crippen molar-refractivity contribution in [2.24, 2.45) is 0 Å². The van der Waals surface area contributed by atoms with Crippen LogP contribution in [0.25, 0.3) is 0 Å². The van der Waals surface area contributed by atoms with Crippen molar-refractivity contribution in [1.82, 2.24) is 10.2 Å². The molecule has 2 nitrogen and oxygen atoms in total. The van der Waals surface area contributed by atoms with Crippen molar-refractivity contribution in [1.29, 1.82) is 0 Å². The van der Waals surface area contributed by atoms with Gasteiger partial charge >= 0.3 is 0 Å². The van der Waals surface area contributed by atoms with Crippen LogP contribution in [-0.2, 0) is 0 Å². The molecule has 1 heterocycles. The summed E-state index contributed by atoms with van der Waals surface area (Å²) in [4.78, 5) is 3.35. The van der Waals surface area contributed by atoms with E-state index in [1.165, 1.54) is 25.9 Å². The van der Waals surface area contributed by atoms with Crippen LogP contribution in [-0.4, -0.2) is 36.6 Å². The Balaban J connectivity index is 2.17. The first kappa shape index (κ1) is 7.95. The third kappa shape index (κ3) is 2.23. The van der Waals surface area contributed by atoms with Gasteiger partial charge in [-0.25, -0.2) is 0 Å². The Bertz CT molecular complexity index is 119. The van der Waals surface area contributed by atoms with Crippen molar-refractivity contribution in [3.63, 3.8) is 0 Å². The molecule has 0 aromatic carbocycles. The molecule has 0 unspecified atom stereocenters. The zero-order valence-electron chi connectivity index (χ0n) is 6.39. The maximum absolute atomic E-state index is 5.04. The van der Waals surface area contributed by atoms with E-state index in [-0.39, 0.29) is 0 Å². The first-order chi connectivity index (χ1) is 4.83. The third-order valence-electron chi connectivity index (χ3n) is 1.84. The Labute approximate surface area is 67.6 Å². The van der Waals surface area contributed by atoms with Crippen molar-refractivity contribution in [2.75, 3.05) is 26.7 Å². The molecular weight excluding hydrogens is 144 g/mol. The normalized spacial score (nSPS) is 19.3. The van der Waals surface area contributed by atoms with Gasteiger partial charge in [0.2, 0.25) is 0 Å². The molecule has 58 valence electrons. The Kier molecular flexibility index (Phi) is 3.09. The second-order valence-electron chi connectivity index (χ2n) is 2.66. The van der Waals surface area contributed by atoms with Crippen LogP contribution in [0.5, 0.6) is 0 Å². The summed E-state index contributed by atoms with van der Waals surface area (Å²) in [6.07, 6.45) is 2.68. The van der Waals surface area contributed by atoms with E-state index in [0.29, 0.717) is 0 Å². The molecule has 3 heteroatoms. The molecule has 0 aliphatic carbocycles. The molecule has 0 saturated carbocycles. The fourth-order valence-corrected chi connectivity index (χ4v) is 1.41. The Morgan fingerprint density at radius 1 is 1.50 bits per heavy atom. The Morgan fingerprint density at radius 2 is 2.10 bits per heavy atom. The first-order valence-corrected chi connectivity index (χ1v) is 4.16. The number of hydrogen-bond donors (Lipinski definition) is 1.